The van der Waals surface area contributed by atoms with Crippen molar-refractivity contribution in [2.24, 2.45) is 0 Å². The van der Waals surface area contributed by atoms with E-state index < -0.39 is 0 Å². The second-order valence-corrected chi connectivity index (χ2v) is 5.91. The quantitative estimate of drug-likeness (QED) is 0.793. The number of nitrogens with two attached hydrogens (primary N) is 1. The van der Waals surface area contributed by atoms with Crippen molar-refractivity contribution < 1.29 is 9.90 Å². The van der Waals surface area contributed by atoms with Gasteiger partial charge in [-0.1, -0.05) is 25.1 Å². The van der Waals surface area contributed by atoms with E-state index in [1.165, 1.54) is 11.3 Å². The Bertz CT molecular complexity index is 622. The average molecular weight is 292 g/mol. The summed E-state index contributed by atoms with van der Waals surface area (Å²) in [6, 6.07) is 5.89. The van der Waals surface area contributed by atoms with Crippen molar-refractivity contribution in [2.75, 3.05) is 12.3 Å². The predicted molar refractivity (Wildman–Crippen MR) is 84.2 cm³/mol. The van der Waals surface area contributed by atoms with Gasteiger partial charge in [0, 0.05) is 22.7 Å². The van der Waals surface area contributed by atoms with Gasteiger partial charge in [-0.3, -0.25) is 4.79 Å². The molecule has 1 heterocycles. The topological polar surface area (TPSA) is 75.3 Å². The van der Waals surface area contributed by atoms with Gasteiger partial charge in [0.2, 0.25) is 0 Å². The molecule has 0 radical (unpaired) electrons. The Morgan fingerprint density at radius 1 is 1.50 bits per heavy atom. The van der Waals surface area contributed by atoms with Crippen LogP contribution in [0.2, 0.25) is 0 Å². The molecule has 0 fully saturated rings. The van der Waals surface area contributed by atoms with Crippen LogP contribution in [0, 0.1) is 6.92 Å². The first kappa shape index (κ1) is 14.8. The van der Waals surface area contributed by atoms with Crippen LogP contribution in [0.15, 0.2) is 18.2 Å². The minimum atomic E-state index is -0.150. The van der Waals surface area contributed by atoms with Gasteiger partial charge in [0.05, 0.1) is 5.69 Å². The second-order valence-electron chi connectivity index (χ2n) is 4.89. The number of aliphatic hydroxyl groups excluding tert-OH is 1. The molecule has 1 amide bonds. The zero-order chi connectivity index (χ0) is 14.7. The molecule has 1 atom stereocenters. The second kappa shape index (κ2) is 6.24. The molecule has 0 aliphatic carbocycles. The molecular weight excluding hydrogens is 272 g/mol. The van der Waals surface area contributed by atoms with Crippen LogP contribution in [-0.4, -0.2) is 23.7 Å². The fraction of sp³-hybridized carbons (Fsp3) is 0.400. The Balaban J connectivity index is 2.31. The summed E-state index contributed by atoms with van der Waals surface area (Å²) >= 11 is 1.43. The maximum absolute atomic E-state index is 12.3. The number of thiophene rings is 1. The van der Waals surface area contributed by atoms with E-state index >= 15 is 0 Å². The number of aliphatic hydroxyl groups is 1. The zero-order valence-electron chi connectivity index (χ0n) is 11.8. The van der Waals surface area contributed by atoms with E-state index in [0.717, 1.165) is 22.1 Å². The van der Waals surface area contributed by atoms with Crippen LogP contribution in [0.3, 0.4) is 0 Å². The molecule has 0 saturated heterocycles. The summed E-state index contributed by atoms with van der Waals surface area (Å²) in [6.45, 7) is 4.07. The molecule has 0 aliphatic rings. The Hall–Kier alpha value is -1.59. The SMILES string of the molecule is CCC(CCO)NC(=O)c1sc2c(C)cccc2c1N. The van der Waals surface area contributed by atoms with E-state index in [1.54, 1.807) is 0 Å². The van der Waals surface area contributed by atoms with Gasteiger partial charge in [-0.05, 0) is 25.3 Å². The van der Waals surface area contributed by atoms with Crippen LogP contribution in [-0.2, 0) is 0 Å². The Morgan fingerprint density at radius 3 is 2.85 bits per heavy atom. The maximum atomic E-state index is 12.3. The molecule has 4 nitrogen and oxygen atoms in total. The normalized spacial score (nSPS) is 12.6. The number of carbonyl (C=O) groups excluding carboxylic acids is 1. The van der Waals surface area contributed by atoms with Crippen molar-refractivity contribution in [3.05, 3.63) is 28.6 Å². The summed E-state index contributed by atoms with van der Waals surface area (Å²) in [7, 11) is 0. The van der Waals surface area contributed by atoms with Gasteiger partial charge in [-0.15, -0.1) is 11.3 Å². The lowest BCUT2D eigenvalue weighted by Crippen LogP contribution is -2.34. The van der Waals surface area contributed by atoms with E-state index in [0.29, 0.717) is 17.0 Å². The summed E-state index contributed by atoms with van der Waals surface area (Å²) < 4.78 is 1.06. The van der Waals surface area contributed by atoms with Gasteiger partial charge in [0.25, 0.3) is 5.91 Å². The number of fused-ring (bicyclic) bond motifs is 1. The third-order valence-corrected chi connectivity index (χ3v) is 4.82. The van der Waals surface area contributed by atoms with Crippen LogP contribution in [0.25, 0.3) is 10.1 Å². The largest absolute Gasteiger partial charge is 0.397 e. The lowest BCUT2D eigenvalue weighted by atomic mass is 10.1. The van der Waals surface area contributed by atoms with E-state index in [4.69, 9.17) is 10.8 Å². The number of amides is 1. The molecule has 1 unspecified atom stereocenters. The number of aryl methyl sites for hydroxylation is 1. The molecule has 2 rings (SSSR count). The molecular formula is C15H20N2O2S. The van der Waals surface area contributed by atoms with Gasteiger partial charge in [-0.2, -0.15) is 0 Å². The van der Waals surface area contributed by atoms with Crippen molar-refractivity contribution in [1.29, 1.82) is 0 Å². The van der Waals surface area contributed by atoms with E-state index in [1.807, 2.05) is 32.0 Å². The van der Waals surface area contributed by atoms with E-state index in [-0.39, 0.29) is 18.6 Å². The van der Waals surface area contributed by atoms with Gasteiger partial charge in [0.15, 0.2) is 0 Å². The number of carbonyl (C=O) groups is 1. The smallest absolute Gasteiger partial charge is 0.263 e. The number of nitrogens with one attached hydrogen (secondary N) is 1. The van der Waals surface area contributed by atoms with Crippen LogP contribution in [0.1, 0.15) is 35.0 Å². The van der Waals surface area contributed by atoms with Crippen LogP contribution in [0.5, 0.6) is 0 Å². The summed E-state index contributed by atoms with van der Waals surface area (Å²) in [4.78, 5) is 12.9. The lowest BCUT2D eigenvalue weighted by Gasteiger charge is -2.15. The zero-order valence-corrected chi connectivity index (χ0v) is 12.6. The van der Waals surface area contributed by atoms with Crippen LogP contribution < -0.4 is 11.1 Å². The van der Waals surface area contributed by atoms with Crippen molar-refractivity contribution in [3.63, 3.8) is 0 Å². The molecule has 5 heteroatoms. The number of anilines is 1. The highest BCUT2D eigenvalue weighted by Crippen LogP contribution is 2.35. The molecule has 0 bridgehead atoms. The van der Waals surface area contributed by atoms with Crippen molar-refractivity contribution in [1.82, 2.24) is 5.32 Å². The number of hydrogen-bond acceptors (Lipinski definition) is 4. The number of hydrogen-bond donors (Lipinski definition) is 3. The molecule has 0 spiro atoms. The molecule has 0 saturated carbocycles. The highest BCUT2D eigenvalue weighted by Gasteiger charge is 2.19. The minimum Gasteiger partial charge on any atom is -0.397 e. The van der Waals surface area contributed by atoms with E-state index in [2.05, 4.69) is 5.32 Å². The average Bonchev–Trinajstić information content (AvgIpc) is 2.77. The molecule has 2 aromatic rings. The lowest BCUT2D eigenvalue weighted by molar-refractivity contribution is 0.0934. The van der Waals surface area contributed by atoms with Crippen molar-refractivity contribution >= 4 is 33.0 Å². The Labute approximate surface area is 122 Å². The third-order valence-electron chi connectivity index (χ3n) is 3.46. The maximum Gasteiger partial charge on any atom is 0.263 e. The standard InChI is InChI=1S/C15H20N2O2S/c1-3-10(7-8-18)17-15(19)14-12(16)11-6-4-5-9(2)13(11)20-14/h4-6,10,18H,3,7-8,16H2,1-2H3,(H,17,19). The minimum absolute atomic E-state index is 0.0155. The molecule has 20 heavy (non-hydrogen) atoms. The van der Waals surface area contributed by atoms with Gasteiger partial charge in [-0.25, -0.2) is 0 Å². The van der Waals surface area contributed by atoms with Gasteiger partial charge >= 0.3 is 0 Å². The summed E-state index contributed by atoms with van der Waals surface area (Å²) in [5.41, 5.74) is 7.77. The summed E-state index contributed by atoms with van der Waals surface area (Å²) in [5, 5.41) is 12.9. The van der Waals surface area contributed by atoms with Gasteiger partial charge in [0.1, 0.15) is 4.88 Å². The highest BCUT2D eigenvalue weighted by atomic mass is 32.1. The van der Waals surface area contributed by atoms with Crippen LogP contribution in [0.4, 0.5) is 5.69 Å². The number of benzene rings is 1. The molecule has 1 aromatic heterocycles. The monoisotopic (exact) mass is 292 g/mol. The number of nitrogen functional groups attached to an aromatic ring is 1. The predicted octanol–water partition coefficient (Wildman–Crippen LogP) is 2.68. The first-order valence-electron chi connectivity index (χ1n) is 6.77. The fourth-order valence-electron chi connectivity index (χ4n) is 2.23. The summed E-state index contributed by atoms with van der Waals surface area (Å²) in [5.74, 6) is -0.150. The van der Waals surface area contributed by atoms with Crippen molar-refractivity contribution in [3.8, 4) is 0 Å². The first-order chi connectivity index (χ1) is 9.58. The third kappa shape index (κ3) is 2.78. The molecule has 1 aromatic carbocycles. The van der Waals surface area contributed by atoms with E-state index in [9.17, 15) is 4.79 Å². The molecule has 4 N–H and O–H groups in total. The molecule has 0 aliphatic heterocycles. The molecule has 108 valence electrons. The summed E-state index contributed by atoms with van der Waals surface area (Å²) in [6.07, 6.45) is 1.35. The first-order valence-corrected chi connectivity index (χ1v) is 7.59. The number of rotatable bonds is 5. The Morgan fingerprint density at radius 2 is 2.25 bits per heavy atom. The Kier molecular flexibility index (Phi) is 4.62. The highest BCUT2D eigenvalue weighted by molar-refractivity contribution is 7.21. The van der Waals surface area contributed by atoms with Gasteiger partial charge < -0.3 is 16.2 Å². The van der Waals surface area contributed by atoms with Crippen molar-refractivity contribution in [2.45, 2.75) is 32.7 Å². The fourth-order valence-corrected chi connectivity index (χ4v) is 3.33. The van der Waals surface area contributed by atoms with Crippen LogP contribution >= 0.6 is 11.3 Å².